The monoisotopic (exact) mass is 298 g/mol. The van der Waals surface area contributed by atoms with Gasteiger partial charge in [-0.2, -0.15) is 0 Å². The molecule has 3 N–H and O–H groups in total. The minimum atomic E-state index is -1.39. The van der Waals surface area contributed by atoms with Gasteiger partial charge >= 0.3 is 5.97 Å². The number of nitrogens with one attached hydrogen (secondary N) is 1. The molecule has 0 spiro atoms. The number of carbonyl (C=O) groups excluding carboxylic acids is 1. The fourth-order valence-electron chi connectivity index (χ4n) is 2.77. The summed E-state index contributed by atoms with van der Waals surface area (Å²) in [4.78, 5) is 27.8. The summed E-state index contributed by atoms with van der Waals surface area (Å²) in [5, 5.41) is 21.9. The van der Waals surface area contributed by atoms with E-state index in [0.29, 0.717) is 0 Å². The van der Waals surface area contributed by atoms with Crippen LogP contribution in [0.1, 0.15) is 21.5 Å². The Morgan fingerprint density at radius 3 is 2.32 bits per heavy atom. The number of carbonyl (C=O) groups is 2. The maximum atomic E-state index is 12.3. The third kappa shape index (κ3) is 2.28. The molecular formula is C16H14N2O4. The SMILES string of the molecule is O=C(NC1(C(=O)O)Cc2ccccc2C1)c1ccncc1O. The van der Waals surface area contributed by atoms with Gasteiger partial charge in [-0.05, 0) is 17.2 Å². The first-order valence-electron chi connectivity index (χ1n) is 6.77. The number of amides is 1. The summed E-state index contributed by atoms with van der Waals surface area (Å²) < 4.78 is 0. The Hall–Kier alpha value is -2.89. The van der Waals surface area contributed by atoms with E-state index in [-0.39, 0.29) is 24.2 Å². The lowest BCUT2D eigenvalue weighted by Gasteiger charge is -2.25. The van der Waals surface area contributed by atoms with Crippen LogP contribution < -0.4 is 5.32 Å². The van der Waals surface area contributed by atoms with Gasteiger partial charge in [0, 0.05) is 19.0 Å². The van der Waals surface area contributed by atoms with Gasteiger partial charge in [0.1, 0.15) is 11.3 Å². The first kappa shape index (κ1) is 14.1. The molecule has 1 aliphatic carbocycles. The van der Waals surface area contributed by atoms with E-state index in [1.807, 2.05) is 24.3 Å². The second kappa shape index (κ2) is 5.14. The van der Waals surface area contributed by atoms with E-state index in [1.54, 1.807) is 0 Å². The van der Waals surface area contributed by atoms with Crippen LogP contribution in [0.15, 0.2) is 42.7 Å². The molecule has 0 saturated heterocycles. The molecule has 0 saturated carbocycles. The number of fused-ring (bicyclic) bond motifs is 1. The van der Waals surface area contributed by atoms with E-state index >= 15 is 0 Å². The Morgan fingerprint density at radius 2 is 1.77 bits per heavy atom. The van der Waals surface area contributed by atoms with Crippen molar-refractivity contribution in [1.29, 1.82) is 0 Å². The lowest BCUT2D eigenvalue weighted by atomic mass is 9.95. The first-order valence-corrected chi connectivity index (χ1v) is 6.77. The van der Waals surface area contributed by atoms with Crippen molar-refractivity contribution in [2.75, 3.05) is 0 Å². The molecule has 1 aromatic heterocycles. The smallest absolute Gasteiger partial charge is 0.330 e. The van der Waals surface area contributed by atoms with Crippen molar-refractivity contribution in [3.63, 3.8) is 0 Å². The van der Waals surface area contributed by atoms with Crippen LogP contribution in [0.3, 0.4) is 0 Å². The molecule has 0 atom stereocenters. The Morgan fingerprint density at radius 1 is 1.14 bits per heavy atom. The fraction of sp³-hybridized carbons (Fsp3) is 0.188. The topological polar surface area (TPSA) is 99.5 Å². The van der Waals surface area contributed by atoms with E-state index in [1.165, 1.54) is 12.3 Å². The number of rotatable bonds is 3. The fourth-order valence-corrected chi connectivity index (χ4v) is 2.77. The van der Waals surface area contributed by atoms with Crippen molar-refractivity contribution in [3.8, 4) is 5.75 Å². The van der Waals surface area contributed by atoms with E-state index in [2.05, 4.69) is 10.3 Å². The van der Waals surface area contributed by atoms with Crippen molar-refractivity contribution >= 4 is 11.9 Å². The summed E-state index contributed by atoms with van der Waals surface area (Å²) in [5.74, 6) is -2.00. The third-order valence-corrected chi connectivity index (χ3v) is 3.91. The molecule has 112 valence electrons. The molecular weight excluding hydrogens is 284 g/mol. The molecule has 6 nitrogen and oxygen atoms in total. The molecule has 0 radical (unpaired) electrons. The van der Waals surface area contributed by atoms with Crippen molar-refractivity contribution in [2.45, 2.75) is 18.4 Å². The Balaban J connectivity index is 1.90. The zero-order valence-electron chi connectivity index (χ0n) is 11.6. The highest BCUT2D eigenvalue weighted by molar-refractivity contribution is 6.00. The van der Waals surface area contributed by atoms with Crippen LogP contribution in [0.25, 0.3) is 0 Å². The highest BCUT2D eigenvalue weighted by Gasteiger charge is 2.45. The van der Waals surface area contributed by atoms with Crippen LogP contribution in [0.2, 0.25) is 0 Å². The molecule has 1 aliphatic rings. The molecule has 0 fully saturated rings. The number of aromatic hydroxyl groups is 1. The maximum absolute atomic E-state index is 12.3. The van der Waals surface area contributed by atoms with E-state index in [4.69, 9.17) is 0 Å². The number of carboxylic acids is 1. The average Bonchev–Trinajstić information content (AvgIpc) is 2.87. The van der Waals surface area contributed by atoms with Gasteiger partial charge < -0.3 is 15.5 Å². The van der Waals surface area contributed by atoms with Gasteiger partial charge in [0.2, 0.25) is 0 Å². The predicted octanol–water partition coefficient (Wildman–Crippen LogP) is 1.14. The van der Waals surface area contributed by atoms with Crippen LogP contribution in [0.4, 0.5) is 0 Å². The zero-order chi connectivity index (χ0) is 15.7. The van der Waals surface area contributed by atoms with Gasteiger partial charge in [0.25, 0.3) is 5.91 Å². The van der Waals surface area contributed by atoms with Crippen molar-refractivity contribution in [3.05, 3.63) is 59.4 Å². The number of pyridine rings is 1. The lowest BCUT2D eigenvalue weighted by molar-refractivity contribution is -0.144. The number of benzene rings is 1. The molecule has 6 heteroatoms. The van der Waals surface area contributed by atoms with E-state index in [9.17, 15) is 19.8 Å². The summed E-state index contributed by atoms with van der Waals surface area (Å²) in [6.45, 7) is 0. The molecule has 0 aliphatic heterocycles. The molecule has 22 heavy (non-hydrogen) atoms. The molecule has 1 amide bonds. The van der Waals surface area contributed by atoms with Crippen LogP contribution in [-0.2, 0) is 17.6 Å². The standard InChI is InChI=1S/C16H14N2O4/c19-13-9-17-6-5-12(13)14(20)18-16(15(21)22)7-10-3-1-2-4-11(10)8-16/h1-6,9,19H,7-8H2,(H,18,20)(H,21,22). The van der Waals surface area contributed by atoms with E-state index < -0.39 is 17.4 Å². The lowest BCUT2D eigenvalue weighted by Crippen LogP contribution is -2.55. The summed E-state index contributed by atoms with van der Waals surface area (Å²) in [6.07, 6.45) is 2.95. The number of aliphatic carboxylic acids is 1. The minimum Gasteiger partial charge on any atom is -0.505 e. The molecule has 1 aromatic carbocycles. The molecule has 0 bridgehead atoms. The molecule has 3 rings (SSSR count). The maximum Gasteiger partial charge on any atom is 0.330 e. The number of nitrogens with zero attached hydrogens (tertiary/aromatic N) is 1. The highest BCUT2D eigenvalue weighted by atomic mass is 16.4. The van der Waals surface area contributed by atoms with Gasteiger partial charge in [0.15, 0.2) is 0 Å². The van der Waals surface area contributed by atoms with Gasteiger partial charge in [-0.3, -0.25) is 9.78 Å². The van der Waals surface area contributed by atoms with Crippen LogP contribution in [0, 0.1) is 0 Å². The third-order valence-electron chi connectivity index (χ3n) is 3.91. The second-order valence-electron chi connectivity index (χ2n) is 5.36. The van der Waals surface area contributed by atoms with Crippen LogP contribution in [-0.4, -0.2) is 32.6 Å². The summed E-state index contributed by atoms with van der Waals surface area (Å²) in [5.41, 5.74) is 0.427. The minimum absolute atomic E-state index is 0.00609. The van der Waals surface area contributed by atoms with Crippen molar-refractivity contribution in [2.24, 2.45) is 0 Å². The first-order chi connectivity index (χ1) is 10.5. The Kier molecular flexibility index (Phi) is 3.29. The largest absolute Gasteiger partial charge is 0.505 e. The number of hydrogen-bond donors (Lipinski definition) is 3. The quantitative estimate of drug-likeness (QED) is 0.789. The summed E-state index contributed by atoms with van der Waals surface area (Å²) >= 11 is 0. The Labute approximate surface area is 126 Å². The summed E-state index contributed by atoms with van der Waals surface area (Å²) in [6, 6.07) is 8.75. The number of hydrogen-bond acceptors (Lipinski definition) is 4. The zero-order valence-corrected chi connectivity index (χ0v) is 11.6. The van der Waals surface area contributed by atoms with Crippen LogP contribution >= 0.6 is 0 Å². The highest BCUT2D eigenvalue weighted by Crippen LogP contribution is 2.31. The predicted molar refractivity (Wildman–Crippen MR) is 77.6 cm³/mol. The van der Waals surface area contributed by atoms with Gasteiger partial charge in [-0.15, -0.1) is 0 Å². The van der Waals surface area contributed by atoms with Gasteiger partial charge in [0.05, 0.1) is 11.8 Å². The number of aromatic nitrogens is 1. The Bertz CT molecular complexity index is 732. The normalized spacial score (nSPS) is 15.1. The molecule has 0 unspecified atom stereocenters. The molecule has 2 aromatic rings. The average molecular weight is 298 g/mol. The van der Waals surface area contributed by atoms with E-state index in [0.717, 1.165) is 17.3 Å². The number of carboxylic acid groups (broad SMARTS) is 1. The summed E-state index contributed by atoms with van der Waals surface area (Å²) in [7, 11) is 0. The van der Waals surface area contributed by atoms with Crippen molar-refractivity contribution in [1.82, 2.24) is 10.3 Å². The van der Waals surface area contributed by atoms with Crippen LogP contribution in [0.5, 0.6) is 5.75 Å². The van der Waals surface area contributed by atoms with Gasteiger partial charge in [-0.25, -0.2) is 4.79 Å². The van der Waals surface area contributed by atoms with Crippen molar-refractivity contribution < 1.29 is 19.8 Å². The van der Waals surface area contributed by atoms with Gasteiger partial charge in [-0.1, -0.05) is 24.3 Å². The molecule has 1 heterocycles. The second-order valence-corrected chi connectivity index (χ2v) is 5.36.